The van der Waals surface area contributed by atoms with E-state index in [0.29, 0.717) is 5.56 Å². The Morgan fingerprint density at radius 2 is 1.14 bits per heavy atom. The molecule has 0 bridgehead atoms. The minimum atomic E-state index is -0.411. The van der Waals surface area contributed by atoms with Crippen LogP contribution in [0.3, 0.4) is 0 Å². The molecule has 3 nitrogen and oxygen atoms in total. The van der Waals surface area contributed by atoms with E-state index in [9.17, 15) is 4.79 Å². The van der Waals surface area contributed by atoms with Gasteiger partial charge in [-0.25, -0.2) is 4.79 Å². The van der Waals surface area contributed by atoms with Crippen molar-refractivity contribution in [2.24, 2.45) is 0 Å². The lowest BCUT2D eigenvalue weighted by atomic mass is 9.99. The SMILES string of the molecule is O=C(OOC1CCCCCCCCCCC1)c1ccc(-c2ccccc2)cc1. The second-order valence-corrected chi connectivity index (χ2v) is 7.79. The summed E-state index contributed by atoms with van der Waals surface area (Å²) in [5.41, 5.74) is 2.73. The van der Waals surface area contributed by atoms with E-state index in [1.165, 1.54) is 44.9 Å². The van der Waals surface area contributed by atoms with Crippen LogP contribution in [-0.2, 0) is 9.78 Å². The zero-order chi connectivity index (χ0) is 19.4. The monoisotopic (exact) mass is 380 g/mol. The van der Waals surface area contributed by atoms with E-state index in [-0.39, 0.29) is 6.10 Å². The van der Waals surface area contributed by atoms with Crippen LogP contribution in [0.15, 0.2) is 54.6 Å². The number of benzene rings is 2. The first-order chi connectivity index (χ1) is 13.8. The summed E-state index contributed by atoms with van der Waals surface area (Å²) in [6, 6.07) is 17.6. The van der Waals surface area contributed by atoms with E-state index in [0.717, 1.165) is 36.8 Å². The third-order valence-electron chi connectivity index (χ3n) is 5.54. The van der Waals surface area contributed by atoms with Gasteiger partial charge in [0.1, 0.15) is 6.10 Å². The quantitative estimate of drug-likeness (QED) is 0.418. The second-order valence-electron chi connectivity index (χ2n) is 7.79. The Balaban J connectivity index is 1.50. The van der Waals surface area contributed by atoms with Crippen molar-refractivity contribution in [3.05, 3.63) is 60.2 Å². The first-order valence-corrected chi connectivity index (χ1v) is 10.9. The summed E-state index contributed by atoms with van der Waals surface area (Å²) in [6.45, 7) is 0. The third-order valence-corrected chi connectivity index (χ3v) is 5.54. The second kappa shape index (κ2) is 11.7. The predicted molar refractivity (Wildman–Crippen MR) is 113 cm³/mol. The molecule has 0 aromatic heterocycles. The molecule has 1 fully saturated rings. The van der Waals surface area contributed by atoms with Crippen LogP contribution in [0.5, 0.6) is 0 Å². The van der Waals surface area contributed by atoms with Gasteiger partial charge in [-0.05, 0) is 36.1 Å². The number of hydrogen-bond acceptors (Lipinski definition) is 3. The first kappa shape index (κ1) is 20.6. The molecule has 3 heteroatoms. The zero-order valence-electron chi connectivity index (χ0n) is 16.8. The van der Waals surface area contributed by atoms with E-state index < -0.39 is 5.97 Å². The molecule has 0 N–H and O–H groups in total. The van der Waals surface area contributed by atoms with Crippen molar-refractivity contribution in [3.63, 3.8) is 0 Å². The van der Waals surface area contributed by atoms with Crippen LogP contribution in [0.4, 0.5) is 0 Å². The zero-order valence-corrected chi connectivity index (χ0v) is 16.8. The molecule has 1 aliphatic rings. The molecule has 0 amide bonds. The Morgan fingerprint density at radius 1 is 0.643 bits per heavy atom. The normalized spacial score (nSPS) is 17.3. The molecule has 1 aliphatic carbocycles. The fourth-order valence-electron chi connectivity index (χ4n) is 3.81. The number of carbonyl (C=O) groups excluding carboxylic acids is 1. The highest BCUT2D eigenvalue weighted by Gasteiger charge is 2.15. The van der Waals surface area contributed by atoms with Gasteiger partial charge in [0.25, 0.3) is 0 Å². The van der Waals surface area contributed by atoms with Crippen molar-refractivity contribution in [1.29, 1.82) is 0 Å². The Labute approximate surface area is 169 Å². The fourth-order valence-corrected chi connectivity index (χ4v) is 3.81. The van der Waals surface area contributed by atoms with Gasteiger partial charge in [0.2, 0.25) is 0 Å². The molecule has 0 saturated heterocycles. The van der Waals surface area contributed by atoms with Crippen LogP contribution >= 0.6 is 0 Å². The predicted octanol–water partition coefficient (Wildman–Crippen LogP) is 7.12. The summed E-state index contributed by atoms with van der Waals surface area (Å²) in [6.07, 6.45) is 13.4. The largest absolute Gasteiger partial charge is 0.373 e. The molecule has 0 radical (unpaired) electrons. The third kappa shape index (κ3) is 6.79. The Morgan fingerprint density at radius 3 is 1.71 bits per heavy atom. The van der Waals surface area contributed by atoms with Gasteiger partial charge >= 0.3 is 5.97 Å². The number of carbonyl (C=O) groups is 1. The highest BCUT2D eigenvalue weighted by molar-refractivity contribution is 5.89. The molecule has 2 aromatic carbocycles. The van der Waals surface area contributed by atoms with E-state index >= 15 is 0 Å². The molecule has 0 aliphatic heterocycles. The van der Waals surface area contributed by atoms with Crippen LogP contribution < -0.4 is 0 Å². The van der Waals surface area contributed by atoms with Crippen molar-refractivity contribution >= 4 is 5.97 Å². The molecule has 150 valence electrons. The lowest BCUT2D eigenvalue weighted by Gasteiger charge is -2.17. The minimum absolute atomic E-state index is 0.0203. The standard InChI is InChI=1S/C25H32O3/c26-25(23-19-17-22(18-20-23)21-13-9-8-10-14-21)28-27-24-15-11-6-4-2-1-3-5-7-12-16-24/h8-10,13-14,17-20,24H,1-7,11-12,15-16H2. The Kier molecular flexibility index (Phi) is 8.57. The summed E-state index contributed by atoms with van der Waals surface area (Å²) in [5.74, 6) is -0.411. The first-order valence-electron chi connectivity index (χ1n) is 10.9. The molecule has 0 atom stereocenters. The summed E-state index contributed by atoms with van der Waals surface area (Å²) in [7, 11) is 0. The van der Waals surface area contributed by atoms with E-state index in [1.54, 1.807) is 12.1 Å². The summed E-state index contributed by atoms with van der Waals surface area (Å²) >= 11 is 0. The molecule has 0 unspecified atom stereocenters. The average Bonchev–Trinajstić information content (AvgIpc) is 2.74. The van der Waals surface area contributed by atoms with Crippen molar-refractivity contribution in [2.45, 2.75) is 76.7 Å². The van der Waals surface area contributed by atoms with Crippen LogP contribution in [0.25, 0.3) is 11.1 Å². The smallest absolute Gasteiger partial charge is 0.293 e. The Bertz CT molecular complexity index is 681. The van der Waals surface area contributed by atoms with Gasteiger partial charge in [-0.3, -0.25) is 4.89 Å². The maximum absolute atomic E-state index is 12.4. The van der Waals surface area contributed by atoms with E-state index in [2.05, 4.69) is 12.1 Å². The summed E-state index contributed by atoms with van der Waals surface area (Å²) in [5, 5.41) is 0. The van der Waals surface area contributed by atoms with Crippen LogP contribution in [0, 0.1) is 0 Å². The average molecular weight is 381 g/mol. The summed E-state index contributed by atoms with van der Waals surface area (Å²) < 4.78 is 0. The number of rotatable bonds is 4. The lowest BCUT2D eigenvalue weighted by molar-refractivity contribution is -0.277. The highest BCUT2D eigenvalue weighted by atomic mass is 17.2. The van der Waals surface area contributed by atoms with Gasteiger partial charge in [0, 0.05) is 0 Å². The van der Waals surface area contributed by atoms with Crippen LogP contribution in [0.1, 0.15) is 81.0 Å². The van der Waals surface area contributed by atoms with Crippen molar-refractivity contribution in [3.8, 4) is 11.1 Å². The van der Waals surface area contributed by atoms with Gasteiger partial charge in [0.15, 0.2) is 0 Å². The van der Waals surface area contributed by atoms with Crippen molar-refractivity contribution < 1.29 is 14.6 Å². The van der Waals surface area contributed by atoms with Crippen LogP contribution in [0.2, 0.25) is 0 Å². The maximum Gasteiger partial charge on any atom is 0.373 e. The van der Waals surface area contributed by atoms with E-state index in [1.807, 2.05) is 30.3 Å². The summed E-state index contributed by atoms with van der Waals surface area (Å²) in [4.78, 5) is 23.1. The molecule has 28 heavy (non-hydrogen) atoms. The van der Waals surface area contributed by atoms with Gasteiger partial charge in [-0.2, -0.15) is 4.89 Å². The van der Waals surface area contributed by atoms with Gasteiger partial charge in [-0.15, -0.1) is 0 Å². The molecule has 3 rings (SSSR count). The lowest BCUT2D eigenvalue weighted by Crippen LogP contribution is -2.17. The highest BCUT2D eigenvalue weighted by Crippen LogP contribution is 2.21. The molecule has 0 spiro atoms. The van der Waals surface area contributed by atoms with Crippen molar-refractivity contribution in [2.75, 3.05) is 0 Å². The molecule has 0 heterocycles. The van der Waals surface area contributed by atoms with Crippen molar-refractivity contribution in [1.82, 2.24) is 0 Å². The van der Waals surface area contributed by atoms with Crippen LogP contribution in [-0.4, -0.2) is 12.1 Å². The van der Waals surface area contributed by atoms with Gasteiger partial charge < -0.3 is 0 Å². The fraction of sp³-hybridized carbons (Fsp3) is 0.480. The topological polar surface area (TPSA) is 35.5 Å². The van der Waals surface area contributed by atoms with Gasteiger partial charge in [-0.1, -0.05) is 100 Å². The maximum atomic E-state index is 12.4. The Hall–Kier alpha value is -2.13. The molecular formula is C25H32O3. The number of hydrogen-bond donors (Lipinski definition) is 0. The minimum Gasteiger partial charge on any atom is -0.293 e. The molecule has 1 saturated carbocycles. The van der Waals surface area contributed by atoms with Gasteiger partial charge in [0.05, 0.1) is 5.56 Å². The van der Waals surface area contributed by atoms with E-state index in [4.69, 9.17) is 9.78 Å². The molecule has 2 aromatic rings. The molecular weight excluding hydrogens is 348 g/mol.